The zero-order valence-electron chi connectivity index (χ0n) is 9.32. The molecule has 1 heterocycles. The second-order valence-electron chi connectivity index (χ2n) is 3.78. The van der Waals surface area contributed by atoms with Gasteiger partial charge < -0.3 is 14.8 Å². The number of carbonyl (C=O) groups excluding carboxylic acids is 1. The van der Waals surface area contributed by atoms with E-state index in [2.05, 4.69) is 5.32 Å². The molecule has 0 saturated carbocycles. The Balaban J connectivity index is 1.85. The van der Waals surface area contributed by atoms with Crippen LogP contribution in [0.5, 0.6) is 0 Å². The lowest BCUT2D eigenvalue weighted by Crippen LogP contribution is -2.47. The van der Waals surface area contributed by atoms with Crippen LogP contribution in [0.2, 0.25) is 0 Å². The van der Waals surface area contributed by atoms with Gasteiger partial charge in [0, 0.05) is 12.1 Å². The van der Waals surface area contributed by atoms with Crippen molar-refractivity contribution in [2.45, 2.75) is 12.6 Å². The first-order valence-corrected chi connectivity index (χ1v) is 5.48. The summed E-state index contributed by atoms with van der Waals surface area (Å²) in [5.74, 6) is -0.777. The van der Waals surface area contributed by atoms with Gasteiger partial charge in [-0.1, -0.05) is 18.2 Å². The summed E-state index contributed by atoms with van der Waals surface area (Å²) in [6.45, 7) is 1.47. The molecule has 0 radical (unpaired) electrons. The Labute approximate surface area is 98.7 Å². The normalized spacial score (nSPS) is 19.9. The predicted molar refractivity (Wildman–Crippen MR) is 58.8 cm³/mol. The highest BCUT2D eigenvalue weighted by atomic mass is 19.1. The molecule has 5 heteroatoms. The van der Waals surface area contributed by atoms with Crippen molar-refractivity contribution in [3.63, 3.8) is 0 Å². The van der Waals surface area contributed by atoms with Crippen LogP contribution in [0.15, 0.2) is 24.3 Å². The van der Waals surface area contributed by atoms with E-state index in [1.54, 1.807) is 18.2 Å². The fraction of sp³-hybridized carbons (Fsp3) is 0.417. The van der Waals surface area contributed by atoms with Gasteiger partial charge in [0.15, 0.2) is 0 Å². The van der Waals surface area contributed by atoms with E-state index in [0.717, 1.165) is 0 Å². The standard InChI is InChI=1S/C12H14FNO3/c13-10-4-2-1-3-9(10)7-17-12(15)11-8-16-6-5-14-11/h1-4,11,14H,5-8H2. The van der Waals surface area contributed by atoms with Crippen LogP contribution in [0.25, 0.3) is 0 Å². The zero-order chi connectivity index (χ0) is 12.1. The summed E-state index contributed by atoms with van der Waals surface area (Å²) in [7, 11) is 0. The summed E-state index contributed by atoms with van der Waals surface area (Å²) in [5.41, 5.74) is 0.373. The monoisotopic (exact) mass is 239 g/mol. The van der Waals surface area contributed by atoms with Crippen molar-refractivity contribution in [2.24, 2.45) is 0 Å². The number of morpholine rings is 1. The maximum Gasteiger partial charge on any atom is 0.325 e. The molecule has 1 saturated heterocycles. The van der Waals surface area contributed by atoms with Crippen molar-refractivity contribution in [3.8, 4) is 0 Å². The number of esters is 1. The first-order chi connectivity index (χ1) is 8.27. The van der Waals surface area contributed by atoms with Crippen LogP contribution >= 0.6 is 0 Å². The number of ether oxygens (including phenoxy) is 2. The highest BCUT2D eigenvalue weighted by Gasteiger charge is 2.22. The average molecular weight is 239 g/mol. The Morgan fingerprint density at radius 1 is 1.53 bits per heavy atom. The van der Waals surface area contributed by atoms with Gasteiger partial charge in [-0.2, -0.15) is 0 Å². The van der Waals surface area contributed by atoms with Crippen molar-refractivity contribution in [1.82, 2.24) is 5.32 Å². The van der Waals surface area contributed by atoms with Crippen LogP contribution in [0.1, 0.15) is 5.56 Å². The first-order valence-electron chi connectivity index (χ1n) is 5.48. The van der Waals surface area contributed by atoms with Gasteiger partial charge in [-0.3, -0.25) is 4.79 Å². The van der Waals surface area contributed by atoms with Gasteiger partial charge >= 0.3 is 5.97 Å². The molecular weight excluding hydrogens is 225 g/mol. The van der Waals surface area contributed by atoms with Gasteiger partial charge in [0.25, 0.3) is 0 Å². The molecule has 0 aromatic heterocycles. The second-order valence-corrected chi connectivity index (χ2v) is 3.78. The molecule has 1 aromatic rings. The van der Waals surface area contributed by atoms with Crippen LogP contribution in [0, 0.1) is 5.82 Å². The number of nitrogens with one attached hydrogen (secondary N) is 1. The first kappa shape index (κ1) is 12.0. The summed E-state index contributed by atoms with van der Waals surface area (Å²) in [5, 5.41) is 2.98. The summed E-state index contributed by atoms with van der Waals surface area (Å²) in [4.78, 5) is 11.6. The Morgan fingerprint density at radius 2 is 2.35 bits per heavy atom. The maximum absolute atomic E-state index is 13.3. The lowest BCUT2D eigenvalue weighted by Gasteiger charge is -2.22. The average Bonchev–Trinajstić information content (AvgIpc) is 2.38. The topological polar surface area (TPSA) is 47.6 Å². The van der Waals surface area contributed by atoms with Crippen molar-refractivity contribution >= 4 is 5.97 Å². The molecular formula is C12H14FNO3. The molecule has 1 unspecified atom stereocenters. The minimum absolute atomic E-state index is 0.0519. The van der Waals surface area contributed by atoms with E-state index in [1.807, 2.05) is 0 Å². The molecule has 92 valence electrons. The highest BCUT2D eigenvalue weighted by molar-refractivity contribution is 5.76. The largest absolute Gasteiger partial charge is 0.459 e. The molecule has 0 bridgehead atoms. The number of benzene rings is 1. The van der Waals surface area contributed by atoms with Crippen molar-refractivity contribution in [3.05, 3.63) is 35.6 Å². The molecule has 1 atom stereocenters. The number of hydrogen-bond donors (Lipinski definition) is 1. The van der Waals surface area contributed by atoms with Crippen molar-refractivity contribution in [2.75, 3.05) is 19.8 Å². The van der Waals surface area contributed by atoms with E-state index in [4.69, 9.17) is 9.47 Å². The van der Waals surface area contributed by atoms with E-state index in [1.165, 1.54) is 6.07 Å². The Hall–Kier alpha value is -1.46. The lowest BCUT2D eigenvalue weighted by molar-refractivity contribution is -0.150. The molecule has 2 rings (SSSR count). The van der Waals surface area contributed by atoms with Gasteiger partial charge in [0.05, 0.1) is 13.2 Å². The van der Waals surface area contributed by atoms with Gasteiger partial charge in [0.2, 0.25) is 0 Å². The third-order valence-corrected chi connectivity index (χ3v) is 2.53. The molecule has 1 N–H and O–H groups in total. The second kappa shape index (κ2) is 5.75. The molecule has 17 heavy (non-hydrogen) atoms. The van der Waals surface area contributed by atoms with Gasteiger partial charge in [-0.15, -0.1) is 0 Å². The SMILES string of the molecule is O=C(OCc1ccccc1F)C1COCCN1. The quantitative estimate of drug-likeness (QED) is 0.795. The van der Waals surface area contributed by atoms with E-state index >= 15 is 0 Å². The van der Waals surface area contributed by atoms with Gasteiger partial charge in [0.1, 0.15) is 18.5 Å². The smallest absolute Gasteiger partial charge is 0.325 e. The van der Waals surface area contributed by atoms with Crippen LogP contribution in [0.3, 0.4) is 0 Å². The van der Waals surface area contributed by atoms with Crippen LogP contribution in [-0.2, 0) is 20.9 Å². The molecule has 4 nitrogen and oxygen atoms in total. The summed E-state index contributed by atoms with van der Waals surface area (Å²) in [6.07, 6.45) is 0. The van der Waals surface area contributed by atoms with E-state index in [0.29, 0.717) is 25.3 Å². The minimum atomic E-state index is -0.449. The fourth-order valence-electron chi connectivity index (χ4n) is 1.58. The number of carbonyl (C=O) groups is 1. The summed E-state index contributed by atoms with van der Waals surface area (Å²) < 4.78 is 23.4. The molecule has 1 aromatic carbocycles. The maximum atomic E-state index is 13.3. The molecule has 1 aliphatic rings. The Kier molecular flexibility index (Phi) is 4.06. The predicted octanol–water partition coefficient (Wildman–Crippen LogP) is 0.857. The third kappa shape index (κ3) is 3.25. The van der Waals surface area contributed by atoms with Crippen LogP contribution in [-0.4, -0.2) is 31.8 Å². The fourth-order valence-corrected chi connectivity index (χ4v) is 1.58. The molecule has 1 aliphatic heterocycles. The molecule has 0 spiro atoms. The molecule has 0 aliphatic carbocycles. The van der Waals surface area contributed by atoms with E-state index < -0.39 is 12.0 Å². The van der Waals surface area contributed by atoms with E-state index in [9.17, 15) is 9.18 Å². The van der Waals surface area contributed by atoms with Gasteiger partial charge in [-0.25, -0.2) is 4.39 Å². The summed E-state index contributed by atoms with van der Waals surface area (Å²) in [6, 6.07) is 5.78. The highest BCUT2D eigenvalue weighted by Crippen LogP contribution is 2.08. The molecule has 0 amide bonds. The lowest BCUT2D eigenvalue weighted by atomic mass is 10.2. The molecule has 1 fully saturated rings. The Morgan fingerprint density at radius 3 is 3.06 bits per heavy atom. The number of hydrogen-bond acceptors (Lipinski definition) is 4. The van der Waals surface area contributed by atoms with Crippen LogP contribution in [0.4, 0.5) is 4.39 Å². The zero-order valence-corrected chi connectivity index (χ0v) is 9.32. The van der Waals surface area contributed by atoms with E-state index in [-0.39, 0.29) is 12.4 Å². The van der Waals surface area contributed by atoms with Crippen LogP contribution < -0.4 is 5.32 Å². The van der Waals surface area contributed by atoms with Crippen molar-refractivity contribution < 1.29 is 18.7 Å². The summed E-state index contributed by atoms with van der Waals surface area (Å²) >= 11 is 0. The Bertz CT molecular complexity index is 391. The minimum Gasteiger partial charge on any atom is -0.459 e. The third-order valence-electron chi connectivity index (χ3n) is 2.53. The number of rotatable bonds is 3. The van der Waals surface area contributed by atoms with Gasteiger partial charge in [-0.05, 0) is 6.07 Å². The van der Waals surface area contributed by atoms with Crippen molar-refractivity contribution in [1.29, 1.82) is 0 Å². The number of halogens is 1.